The number of nitrogens with zero attached hydrogens (tertiary/aromatic N) is 4. The molecule has 0 saturated carbocycles. The zero-order chi connectivity index (χ0) is 14.7. The molecule has 0 bridgehead atoms. The molecule has 0 amide bonds. The van der Waals surface area contributed by atoms with Crippen LogP contribution in [0.1, 0.15) is 10.4 Å². The van der Waals surface area contributed by atoms with Crippen LogP contribution in [0.4, 0.5) is 0 Å². The van der Waals surface area contributed by atoms with Crippen LogP contribution >= 0.6 is 15.9 Å². The van der Waals surface area contributed by atoms with Gasteiger partial charge in [-0.05, 0) is 11.3 Å². The minimum atomic E-state index is -0.0699. The molecule has 0 saturated heterocycles. The lowest BCUT2D eigenvalue weighted by Gasteiger charge is -2.02. The fraction of sp³-hybridized carbons (Fsp3) is 0.0667. The molecule has 1 aromatic heterocycles. The van der Waals surface area contributed by atoms with Gasteiger partial charge >= 0.3 is 0 Å². The predicted octanol–water partition coefficient (Wildman–Crippen LogP) is 2.99. The van der Waals surface area contributed by atoms with Gasteiger partial charge in [-0.3, -0.25) is 4.79 Å². The summed E-state index contributed by atoms with van der Waals surface area (Å²) >= 11 is 3.37. The zero-order valence-electron chi connectivity index (χ0n) is 11.0. The molecular weight excluding hydrogens is 332 g/mol. The number of halogens is 1. The molecule has 3 aromatic rings. The highest BCUT2D eigenvalue weighted by Crippen LogP contribution is 2.17. The topological polar surface area (TPSA) is 60.7 Å². The van der Waals surface area contributed by atoms with Crippen molar-refractivity contribution in [3.8, 4) is 11.4 Å². The summed E-state index contributed by atoms with van der Waals surface area (Å²) in [6.07, 6.45) is 0. The lowest BCUT2D eigenvalue weighted by molar-refractivity contribution is 0.0960. The summed E-state index contributed by atoms with van der Waals surface area (Å²) in [6, 6.07) is 16.8. The Kier molecular flexibility index (Phi) is 3.87. The summed E-state index contributed by atoms with van der Waals surface area (Å²) in [7, 11) is 0. The van der Waals surface area contributed by atoms with Crippen LogP contribution in [0.15, 0.2) is 59.1 Å². The first kappa shape index (κ1) is 13.6. The fourth-order valence-corrected chi connectivity index (χ4v) is 2.42. The minimum absolute atomic E-state index is 0.0580. The summed E-state index contributed by atoms with van der Waals surface area (Å²) in [5, 5.41) is 12.1. The van der Waals surface area contributed by atoms with E-state index in [9.17, 15) is 4.79 Å². The number of hydrogen-bond acceptors (Lipinski definition) is 4. The van der Waals surface area contributed by atoms with E-state index in [2.05, 4.69) is 31.3 Å². The second-order valence-electron chi connectivity index (χ2n) is 4.41. The molecule has 0 radical (unpaired) electrons. The van der Waals surface area contributed by atoms with Crippen molar-refractivity contribution in [2.24, 2.45) is 0 Å². The Bertz CT molecular complexity index is 770. The van der Waals surface area contributed by atoms with Crippen LogP contribution in [0, 0.1) is 0 Å². The molecule has 0 atom stereocenters. The molecule has 0 spiro atoms. The van der Waals surface area contributed by atoms with E-state index < -0.39 is 0 Å². The lowest BCUT2D eigenvalue weighted by atomic mass is 10.1. The van der Waals surface area contributed by atoms with E-state index in [0.29, 0.717) is 11.4 Å². The van der Waals surface area contributed by atoms with Crippen molar-refractivity contribution in [1.29, 1.82) is 0 Å². The van der Waals surface area contributed by atoms with E-state index in [1.54, 1.807) is 6.07 Å². The van der Waals surface area contributed by atoms with Gasteiger partial charge in [0.25, 0.3) is 0 Å². The van der Waals surface area contributed by atoms with Crippen molar-refractivity contribution in [2.75, 3.05) is 0 Å². The second kappa shape index (κ2) is 5.97. The fourth-order valence-electron chi connectivity index (χ4n) is 1.91. The Morgan fingerprint density at radius 1 is 1.05 bits per heavy atom. The smallest absolute Gasteiger partial charge is 0.204 e. The first-order valence-corrected chi connectivity index (χ1v) is 7.14. The Balaban J connectivity index is 1.79. The molecule has 0 unspecified atom stereocenters. The molecule has 0 N–H and O–H groups in total. The quantitative estimate of drug-likeness (QED) is 0.684. The summed E-state index contributed by atoms with van der Waals surface area (Å²) in [5.41, 5.74) is 1.48. The van der Waals surface area contributed by atoms with Gasteiger partial charge in [0.2, 0.25) is 5.82 Å². The van der Waals surface area contributed by atoms with Crippen molar-refractivity contribution in [3.63, 3.8) is 0 Å². The lowest BCUT2D eigenvalue weighted by Crippen LogP contribution is -2.13. The van der Waals surface area contributed by atoms with Crippen molar-refractivity contribution >= 4 is 21.7 Å². The Morgan fingerprint density at radius 3 is 2.52 bits per heavy atom. The number of hydrogen-bond donors (Lipinski definition) is 0. The number of benzene rings is 2. The van der Waals surface area contributed by atoms with Gasteiger partial charge in [0, 0.05) is 15.6 Å². The standard InChI is InChI=1S/C15H11BrN4O/c16-13-9-5-4-8-12(13)14(21)10-20-18-15(17-19-20)11-6-2-1-3-7-11/h1-9H,10H2. The zero-order valence-corrected chi connectivity index (χ0v) is 12.6. The molecule has 5 nitrogen and oxygen atoms in total. The van der Waals surface area contributed by atoms with E-state index in [0.717, 1.165) is 10.0 Å². The van der Waals surface area contributed by atoms with Crippen LogP contribution in [0.25, 0.3) is 11.4 Å². The molecule has 3 rings (SSSR count). The maximum atomic E-state index is 12.2. The number of carbonyl (C=O) groups is 1. The van der Waals surface area contributed by atoms with Crippen LogP contribution < -0.4 is 0 Å². The normalized spacial score (nSPS) is 10.5. The first-order chi connectivity index (χ1) is 10.2. The molecular formula is C15H11BrN4O. The third-order valence-corrected chi connectivity index (χ3v) is 3.64. The van der Waals surface area contributed by atoms with Gasteiger partial charge in [-0.25, -0.2) is 0 Å². The predicted molar refractivity (Wildman–Crippen MR) is 81.7 cm³/mol. The number of ketones is 1. The monoisotopic (exact) mass is 342 g/mol. The second-order valence-corrected chi connectivity index (χ2v) is 5.27. The summed E-state index contributed by atoms with van der Waals surface area (Å²) in [5.74, 6) is 0.440. The van der Waals surface area contributed by atoms with Crippen LogP contribution in [0.2, 0.25) is 0 Å². The SMILES string of the molecule is O=C(Cn1nnc(-c2ccccc2)n1)c1ccccc1Br. The van der Waals surface area contributed by atoms with Crippen LogP contribution in [-0.4, -0.2) is 26.0 Å². The molecule has 6 heteroatoms. The molecule has 21 heavy (non-hydrogen) atoms. The van der Waals surface area contributed by atoms with Crippen LogP contribution in [-0.2, 0) is 6.54 Å². The number of tetrazole rings is 1. The average molecular weight is 343 g/mol. The maximum absolute atomic E-state index is 12.2. The van der Waals surface area contributed by atoms with E-state index in [-0.39, 0.29) is 12.3 Å². The molecule has 1 heterocycles. The van der Waals surface area contributed by atoms with Gasteiger partial charge in [-0.1, -0.05) is 64.5 Å². The number of carbonyl (C=O) groups excluding carboxylic acids is 1. The largest absolute Gasteiger partial charge is 0.292 e. The molecule has 0 aliphatic carbocycles. The Labute approximate surface area is 129 Å². The van der Waals surface area contributed by atoms with E-state index >= 15 is 0 Å². The summed E-state index contributed by atoms with van der Waals surface area (Å²) < 4.78 is 0.762. The van der Waals surface area contributed by atoms with Crippen molar-refractivity contribution in [3.05, 3.63) is 64.6 Å². The van der Waals surface area contributed by atoms with Gasteiger partial charge in [0.15, 0.2) is 5.78 Å². The van der Waals surface area contributed by atoms with Gasteiger partial charge in [-0.15, -0.1) is 10.2 Å². The summed E-state index contributed by atoms with van der Waals surface area (Å²) in [6.45, 7) is 0.0580. The highest BCUT2D eigenvalue weighted by molar-refractivity contribution is 9.10. The van der Waals surface area contributed by atoms with Crippen molar-refractivity contribution in [2.45, 2.75) is 6.54 Å². The minimum Gasteiger partial charge on any atom is -0.292 e. The van der Waals surface area contributed by atoms with E-state index in [1.165, 1.54) is 4.80 Å². The molecule has 0 aliphatic heterocycles. The number of Topliss-reactive ketones (excluding diaryl/α,β-unsaturated/α-hetero) is 1. The van der Waals surface area contributed by atoms with Crippen LogP contribution in [0.3, 0.4) is 0 Å². The van der Waals surface area contributed by atoms with Crippen molar-refractivity contribution in [1.82, 2.24) is 20.2 Å². The molecule has 0 aliphatic rings. The molecule has 104 valence electrons. The van der Waals surface area contributed by atoms with E-state index in [4.69, 9.17) is 0 Å². The maximum Gasteiger partial charge on any atom is 0.204 e. The van der Waals surface area contributed by atoms with Gasteiger partial charge in [-0.2, -0.15) is 4.80 Å². The highest BCUT2D eigenvalue weighted by atomic mass is 79.9. The third kappa shape index (κ3) is 3.05. The van der Waals surface area contributed by atoms with Gasteiger partial charge < -0.3 is 0 Å². The van der Waals surface area contributed by atoms with E-state index in [1.807, 2.05) is 48.5 Å². The summed E-state index contributed by atoms with van der Waals surface area (Å²) in [4.78, 5) is 13.5. The van der Waals surface area contributed by atoms with Crippen LogP contribution in [0.5, 0.6) is 0 Å². The Morgan fingerprint density at radius 2 is 1.76 bits per heavy atom. The van der Waals surface area contributed by atoms with Gasteiger partial charge in [0.1, 0.15) is 6.54 Å². The number of aromatic nitrogens is 4. The number of rotatable bonds is 4. The first-order valence-electron chi connectivity index (χ1n) is 6.35. The molecule has 0 fully saturated rings. The molecule has 2 aromatic carbocycles. The van der Waals surface area contributed by atoms with Gasteiger partial charge in [0.05, 0.1) is 0 Å². The average Bonchev–Trinajstić information content (AvgIpc) is 2.97. The van der Waals surface area contributed by atoms with Crippen molar-refractivity contribution < 1.29 is 4.79 Å². The highest BCUT2D eigenvalue weighted by Gasteiger charge is 2.13. The third-order valence-electron chi connectivity index (χ3n) is 2.94. The Hall–Kier alpha value is -2.34.